The molecule has 0 saturated heterocycles. The summed E-state index contributed by atoms with van der Waals surface area (Å²) >= 11 is 0.872. The molecule has 0 unspecified atom stereocenters. The number of hydrogen-bond donors (Lipinski definition) is 0. The van der Waals surface area contributed by atoms with Gasteiger partial charge in [-0.25, -0.2) is 0 Å². The Kier molecular flexibility index (Phi) is 1.96. The van der Waals surface area contributed by atoms with Crippen LogP contribution in [-0.4, -0.2) is 4.92 Å². The summed E-state index contributed by atoms with van der Waals surface area (Å²) in [7, 11) is 0. The fourth-order valence-corrected chi connectivity index (χ4v) is 2.27. The first-order chi connectivity index (χ1) is 6.59. The van der Waals surface area contributed by atoms with Crippen LogP contribution in [0.1, 0.15) is 5.56 Å². The maximum Gasteiger partial charge on any atom is 0.360 e. The number of hydrogen-bond acceptors (Lipinski definition) is 3. The molecule has 5 heteroatoms. The third-order valence-electron chi connectivity index (χ3n) is 1.93. The minimum absolute atomic E-state index is 0.326. The van der Waals surface area contributed by atoms with Gasteiger partial charge in [0.25, 0.3) is 0 Å². The van der Waals surface area contributed by atoms with Crippen molar-refractivity contribution in [1.29, 1.82) is 0 Å². The maximum absolute atomic E-state index is 13.4. The second kappa shape index (κ2) is 3.02. The van der Waals surface area contributed by atoms with Crippen LogP contribution in [0.2, 0.25) is 0 Å². The molecule has 0 bridgehead atoms. The smallest absolute Gasteiger partial charge is 0.257 e. The molecule has 0 aliphatic rings. The molecule has 0 N–H and O–H groups in total. The molecule has 2 aromatic rings. The second-order valence-corrected chi connectivity index (χ2v) is 4.01. The van der Waals surface area contributed by atoms with Gasteiger partial charge in [-0.3, -0.25) is 10.1 Å². The van der Waals surface area contributed by atoms with Crippen molar-refractivity contribution in [3.05, 3.63) is 39.7 Å². The van der Waals surface area contributed by atoms with Crippen LogP contribution < -0.4 is 0 Å². The molecule has 0 radical (unpaired) electrons. The number of fused-ring (bicyclic) bond motifs is 1. The Balaban J connectivity index is 2.79. The lowest BCUT2D eigenvalue weighted by molar-refractivity contribution is -0.382. The molecular formula is C9H6FNO2S. The van der Waals surface area contributed by atoms with E-state index in [1.165, 1.54) is 0 Å². The van der Waals surface area contributed by atoms with E-state index in [9.17, 15) is 14.5 Å². The standard InChI is InChI=1S/C9H6FNO2S/c1-5-2-3-6-7(4-5)14-9(8(6)10)11(12)13/h2-4H,1H3. The Morgan fingerprint density at radius 2 is 2.21 bits per heavy atom. The highest BCUT2D eigenvalue weighted by Crippen LogP contribution is 2.35. The summed E-state index contributed by atoms with van der Waals surface area (Å²) in [6.07, 6.45) is 0. The van der Waals surface area contributed by atoms with Gasteiger partial charge in [-0.15, -0.1) is 0 Å². The number of benzene rings is 1. The van der Waals surface area contributed by atoms with Gasteiger partial charge >= 0.3 is 5.00 Å². The second-order valence-electron chi connectivity index (χ2n) is 2.98. The van der Waals surface area contributed by atoms with Crippen LogP contribution >= 0.6 is 11.3 Å². The molecular weight excluding hydrogens is 205 g/mol. The van der Waals surface area contributed by atoms with Crippen molar-refractivity contribution in [3.8, 4) is 0 Å². The summed E-state index contributed by atoms with van der Waals surface area (Å²) < 4.78 is 14.0. The SMILES string of the molecule is Cc1ccc2c(F)c([N+](=O)[O-])sc2c1. The van der Waals surface area contributed by atoms with E-state index in [2.05, 4.69) is 0 Å². The zero-order valence-corrected chi connectivity index (χ0v) is 8.10. The lowest BCUT2D eigenvalue weighted by atomic mass is 10.2. The molecule has 0 fully saturated rings. The quantitative estimate of drug-likeness (QED) is 0.536. The van der Waals surface area contributed by atoms with E-state index >= 15 is 0 Å². The average molecular weight is 211 g/mol. The van der Waals surface area contributed by atoms with Crippen molar-refractivity contribution in [1.82, 2.24) is 0 Å². The van der Waals surface area contributed by atoms with E-state index < -0.39 is 15.7 Å². The molecule has 0 amide bonds. The zero-order valence-electron chi connectivity index (χ0n) is 7.28. The Labute approximate surface area is 82.9 Å². The first-order valence-corrected chi connectivity index (χ1v) is 4.74. The van der Waals surface area contributed by atoms with Crippen LogP contribution in [0, 0.1) is 22.9 Å². The maximum atomic E-state index is 13.4. The predicted molar refractivity (Wildman–Crippen MR) is 53.2 cm³/mol. The van der Waals surface area contributed by atoms with Crippen molar-refractivity contribution in [2.45, 2.75) is 6.92 Å². The zero-order chi connectivity index (χ0) is 10.3. The van der Waals surface area contributed by atoms with Crippen molar-refractivity contribution in [2.24, 2.45) is 0 Å². The van der Waals surface area contributed by atoms with Gasteiger partial charge in [0.2, 0.25) is 5.82 Å². The van der Waals surface area contributed by atoms with Gasteiger partial charge in [0.1, 0.15) is 0 Å². The van der Waals surface area contributed by atoms with Gasteiger partial charge in [0, 0.05) is 10.1 Å². The molecule has 1 aromatic heterocycles. The molecule has 0 aliphatic heterocycles. The normalized spacial score (nSPS) is 10.7. The Hall–Kier alpha value is -1.49. The molecule has 0 spiro atoms. The number of thiophene rings is 1. The summed E-state index contributed by atoms with van der Waals surface area (Å²) in [5.74, 6) is -0.727. The number of nitro groups is 1. The topological polar surface area (TPSA) is 43.1 Å². The summed E-state index contributed by atoms with van der Waals surface area (Å²) in [5, 5.41) is 10.4. The average Bonchev–Trinajstić information content (AvgIpc) is 2.43. The Morgan fingerprint density at radius 1 is 1.50 bits per heavy atom. The van der Waals surface area contributed by atoms with Crippen molar-refractivity contribution in [2.75, 3.05) is 0 Å². The molecule has 0 saturated carbocycles. The molecule has 3 nitrogen and oxygen atoms in total. The molecule has 0 atom stereocenters. The third-order valence-corrected chi connectivity index (χ3v) is 3.01. The molecule has 1 heterocycles. The minimum Gasteiger partial charge on any atom is -0.257 e. The Morgan fingerprint density at radius 3 is 2.86 bits per heavy atom. The van der Waals surface area contributed by atoms with E-state index in [0.29, 0.717) is 10.1 Å². The highest BCUT2D eigenvalue weighted by Gasteiger charge is 2.21. The first kappa shape index (κ1) is 9.08. The first-order valence-electron chi connectivity index (χ1n) is 3.92. The van der Waals surface area contributed by atoms with E-state index in [1.54, 1.807) is 18.2 Å². The summed E-state index contributed by atoms with van der Waals surface area (Å²) in [6, 6.07) is 5.06. The highest BCUT2D eigenvalue weighted by atomic mass is 32.1. The van der Waals surface area contributed by atoms with Gasteiger partial charge in [0.15, 0.2) is 0 Å². The molecule has 2 rings (SSSR count). The molecule has 14 heavy (non-hydrogen) atoms. The number of aryl methyl sites for hydroxylation is 1. The largest absolute Gasteiger partial charge is 0.360 e. The van der Waals surface area contributed by atoms with Gasteiger partial charge in [0.05, 0.1) is 4.92 Å². The van der Waals surface area contributed by atoms with Crippen LogP contribution in [0.3, 0.4) is 0 Å². The highest BCUT2D eigenvalue weighted by molar-refractivity contribution is 7.22. The summed E-state index contributed by atoms with van der Waals surface area (Å²) in [4.78, 5) is 9.77. The fourth-order valence-electron chi connectivity index (χ4n) is 1.28. The number of nitrogens with zero attached hydrogens (tertiary/aromatic N) is 1. The molecule has 72 valence electrons. The van der Waals surface area contributed by atoms with E-state index in [-0.39, 0.29) is 0 Å². The minimum atomic E-state index is -0.727. The van der Waals surface area contributed by atoms with E-state index in [1.807, 2.05) is 6.92 Å². The van der Waals surface area contributed by atoms with Crippen LogP contribution in [0.15, 0.2) is 18.2 Å². The van der Waals surface area contributed by atoms with Crippen LogP contribution in [0.25, 0.3) is 10.1 Å². The van der Waals surface area contributed by atoms with Gasteiger partial charge in [-0.1, -0.05) is 23.5 Å². The van der Waals surface area contributed by atoms with Gasteiger partial charge in [-0.05, 0) is 18.6 Å². The molecule has 0 aliphatic carbocycles. The number of rotatable bonds is 1. The molecule has 1 aromatic carbocycles. The fraction of sp³-hybridized carbons (Fsp3) is 0.111. The summed E-state index contributed by atoms with van der Waals surface area (Å²) in [5.41, 5.74) is 0.966. The van der Waals surface area contributed by atoms with Crippen LogP contribution in [0.4, 0.5) is 9.39 Å². The Bertz CT molecular complexity index is 521. The van der Waals surface area contributed by atoms with Crippen LogP contribution in [-0.2, 0) is 0 Å². The van der Waals surface area contributed by atoms with Gasteiger partial charge in [-0.2, -0.15) is 4.39 Å². The van der Waals surface area contributed by atoms with Crippen molar-refractivity contribution >= 4 is 26.4 Å². The van der Waals surface area contributed by atoms with E-state index in [4.69, 9.17) is 0 Å². The van der Waals surface area contributed by atoms with Gasteiger partial charge < -0.3 is 0 Å². The van der Waals surface area contributed by atoms with Crippen molar-refractivity contribution in [3.63, 3.8) is 0 Å². The lowest BCUT2D eigenvalue weighted by Gasteiger charge is -1.90. The summed E-state index contributed by atoms with van der Waals surface area (Å²) in [6.45, 7) is 1.86. The monoisotopic (exact) mass is 211 g/mol. The van der Waals surface area contributed by atoms with Crippen molar-refractivity contribution < 1.29 is 9.31 Å². The van der Waals surface area contributed by atoms with Crippen LogP contribution in [0.5, 0.6) is 0 Å². The number of halogens is 1. The third kappa shape index (κ3) is 1.26. The van der Waals surface area contributed by atoms with E-state index in [0.717, 1.165) is 16.9 Å². The predicted octanol–water partition coefficient (Wildman–Crippen LogP) is 3.26. The lowest BCUT2D eigenvalue weighted by Crippen LogP contribution is -1.85.